The summed E-state index contributed by atoms with van der Waals surface area (Å²) < 4.78 is 33.2. The molecule has 0 bridgehead atoms. The fraction of sp³-hybridized carbons (Fsp3) is 0.647. The van der Waals surface area contributed by atoms with E-state index in [0.29, 0.717) is 18.0 Å². The first-order chi connectivity index (χ1) is 10.6. The van der Waals surface area contributed by atoms with E-state index in [4.69, 9.17) is 4.74 Å². The van der Waals surface area contributed by atoms with Gasteiger partial charge < -0.3 is 9.64 Å². The minimum absolute atomic E-state index is 0.189. The highest BCUT2D eigenvalue weighted by atomic mass is 32.2. The number of sulfonamides is 1. The van der Waals surface area contributed by atoms with E-state index in [2.05, 4.69) is 25.7 Å². The summed E-state index contributed by atoms with van der Waals surface area (Å²) in [4.78, 5) is 2.54. The topological polar surface area (TPSA) is 49.9 Å². The lowest BCUT2D eigenvalue weighted by atomic mass is 9.86. The highest BCUT2D eigenvalue weighted by molar-refractivity contribution is 7.89. The first kappa shape index (κ1) is 18.2. The molecule has 0 atom stereocenters. The molecule has 1 aromatic rings. The van der Waals surface area contributed by atoms with Crippen molar-refractivity contribution in [1.29, 1.82) is 0 Å². The molecular weight excluding hydrogens is 312 g/mol. The summed E-state index contributed by atoms with van der Waals surface area (Å²) in [6.45, 7) is 10.6. The number of nitrogens with zero attached hydrogens (tertiary/aromatic N) is 2. The molecule has 1 aliphatic heterocycles. The van der Waals surface area contributed by atoms with Crippen molar-refractivity contribution in [2.75, 3.05) is 40.3 Å². The smallest absolute Gasteiger partial charge is 0.243 e. The van der Waals surface area contributed by atoms with Crippen molar-refractivity contribution in [2.24, 2.45) is 0 Å². The van der Waals surface area contributed by atoms with Gasteiger partial charge in [-0.1, -0.05) is 20.8 Å². The Morgan fingerprint density at radius 3 is 2.13 bits per heavy atom. The van der Waals surface area contributed by atoms with Crippen molar-refractivity contribution in [3.8, 4) is 5.75 Å². The minimum Gasteiger partial charge on any atom is -0.496 e. The predicted octanol–water partition coefficient (Wildman–Crippen LogP) is 2.24. The molecule has 0 amide bonds. The third-order valence-corrected chi connectivity index (χ3v) is 6.43. The molecule has 5 nitrogen and oxygen atoms in total. The van der Waals surface area contributed by atoms with Gasteiger partial charge in [-0.05, 0) is 37.1 Å². The lowest BCUT2D eigenvalue weighted by molar-refractivity contribution is 0.222. The first-order valence-corrected chi connectivity index (χ1v) is 9.39. The summed E-state index contributed by atoms with van der Waals surface area (Å²) in [5.41, 5.74) is 1.46. The van der Waals surface area contributed by atoms with Gasteiger partial charge in [0.1, 0.15) is 5.75 Å². The molecule has 23 heavy (non-hydrogen) atoms. The lowest BCUT2D eigenvalue weighted by Crippen LogP contribution is -2.47. The minimum atomic E-state index is -3.47. The number of rotatable bonds is 3. The Bertz CT molecular complexity index is 670. The molecule has 6 heteroatoms. The molecular formula is C17H28N2O3S. The van der Waals surface area contributed by atoms with Crippen molar-refractivity contribution in [2.45, 2.75) is 38.0 Å². The Labute approximate surface area is 140 Å². The number of hydrogen-bond acceptors (Lipinski definition) is 4. The van der Waals surface area contributed by atoms with E-state index in [1.807, 2.05) is 20.0 Å². The zero-order valence-corrected chi connectivity index (χ0v) is 15.8. The molecule has 1 heterocycles. The van der Waals surface area contributed by atoms with Crippen LogP contribution in [-0.2, 0) is 15.4 Å². The summed E-state index contributed by atoms with van der Waals surface area (Å²) in [5, 5.41) is 0. The normalized spacial score (nSPS) is 18.2. The Kier molecular flexibility index (Phi) is 5.09. The SMILES string of the molecule is COc1cc(C)c(S(=O)(=O)N2CCN(C)CC2)cc1C(C)(C)C. The maximum absolute atomic E-state index is 13.1. The molecule has 0 unspecified atom stereocenters. The van der Waals surface area contributed by atoms with Crippen LogP contribution in [0.2, 0.25) is 0 Å². The second kappa shape index (κ2) is 6.42. The summed E-state index contributed by atoms with van der Waals surface area (Å²) in [5.74, 6) is 0.743. The average Bonchev–Trinajstić information content (AvgIpc) is 2.45. The van der Waals surface area contributed by atoms with E-state index < -0.39 is 10.0 Å². The summed E-state index contributed by atoms with van der Waals surface area (Å²) in [6.07, 6.45) is 0. The van der Waals surface area contributed by atoms with Gasteiger partial charge in [-0.15, -0.1) is 0 Å². The molecule has 0 spiro atoms. The van der Waals surface area contributed by atoms with Gasteiger partial charge in [-0.25, -0.2) is 8.42 Å². The van der Waals surface area contributed by atoms with Crippen molar-refractivity contribution in [3.63, 3.8) is 0 Å². The van der Waals surface area contributed by atoms with Crippen LogP contribution >= 0.6 is 0 Å². The number of piperazine rings is 1. The zero-order valence-electron chi connectivity index (χ0n) is 15.0. The Morgan fingerprint density at radius 1 is 1.09 bits per heavy atom. The van der Waals surface area contributed by atoms with Crippen molar-refractivity contribution < 1.29 is 13.2 Å². The van der Waals surface area contributed by atoms with Crippen molar-refractivity contribution in [3.05, 3.63) is 23.3 Å². The van der Waals surface area contributed by atoms with Crippen LogP contribution in [0.15, 0.2) is 17.0 Å². The van der Waals surface area contributed by atoms with E-state index in [1.54, 1.807) is 17.5 Å². The number of methoxy groups -OCH3 is 1. The zero-order chi connectivity index (χ0) is 17.4. The molecule has 1 saturated heterocycles. The summed E-state index contributed by atoms with van der Waals surface area (Å²) >= 11 is 0. The van der Waals surface area contributed by atoms with Gasteiger partial charge in [0.25, 0.3) is 0 Å². The number of benzene rings is 1. The van der Waals surface area contributed by atoms with Gasteiger partial charge >= 0.3 is 0 Å². The quantitative estimate of drug-likeness (QED) is 0.847. The van der Waals surface area contributed by atoms with E-state index in [1.165, 1.54) is 0 Å². The monoisotopic (exact) mass is 340 g/mol. The Balaban J connectivity index is 2.50. The number of aryl methyl sites for hydroxylation is 1. The summed E-state index contributed by atoms with van der Waals surface area (Å²) in [7, 11) is 0.165. The van der Waals surface area contributed by atoms with Crippen LogP contribution in [-0.4, -0.2) is 58.0 Å². The van der Waals surface area contributed by atoms with Gasteiger partial charge in [0.05, 0.1) is 12.0 Å². The highest BCUT2D eigenvalue weighted by Gasteiger charge is 2.31. The maximum atomic E-state index is 13.1. The predicted molar refractivity (Wildman–Crippen MR) is 92.7 cm³/mol. The van der Waals surface area contributed by atoms with Crippen LogP contribution in [0.4, 0.5) is 0 Å². The molecule has 1 aliphatic rings. The van der Waals surface area contributed by atoms with Crippen molar-refractivity contribution in [1.82, 2.24) is 9.21 Å². The van der Waals surface area contributed by atoms with E-state index >= 15 is 0 Å². The number of ether oxygens (including phenoxy) is 1. The maximum Gasteiger partial charge on any atom is 0.243 e. The first-order valence-electron chi connectivity index (χ1n) is 7.95. The fourth-order valence-corrected chi connectivity index (χ4v) is 4.52. The number of likely N-dealkylation sites (N-methyl/N-ethyl adjacent to an activating group) is 1. The van der Waals surface area contributed by atoms with E-state index in [0.717, 1.165) is 30.0 Å². The molecule has 1 fully saturated rings. The average molecular weight is 340 g/mol. The molecule has 0 N–H and O–H groups in total. The molecule has 0 radical (unpaired) electrons. The van der Waals surface area contributed by atoms with Gasteiger partial charge in [-0.3, -0.25) is 0 Å². The molecule has 0 saturated carbocycles. The van der Waals surface area contributed by atoms with Crippen LogP contribution in [0.25, 0.3) is 0 Å². The van der Waals surface area contributed by atoms with E-state index in [-0.39, 0.29) is 5.41 Å². The van der Waals surface area contributed by atoms with Gasteiger partial charge in [0.2, 0.25) is 10.0 Å². The number of hydrogen-bond donors (Lipinski definition) is 0. The van der Waals surface area contributed by atoms with Gasteiger partial charge in [0, 0.05) is 31.7 Å². The largest absolute Gasteiger partial charge is 0.496 e. The second-order valence-electron chi connectivity index (χ2n) is 7.28. The molecule has 130 valence electrons. The second-order valence-corrected chi connectivity index (χ2v) is 9.18. The van der Waals surface area contributed by atoms with Gasteiger partial charge in [-0.2, -0.15) is 4.31 Å². The Hall–Kier alpha value is -1.11. The summed E-state index contributed by atoms with van der Waals surface area (Å²) in [6, 6.07) is 3.63. The third-order valence-electron chi connectivity index (χ3n) is 4.39. The standard InChI is InChI=1S/C17H28N2O3S/c1-13-11-15(22-6)14(17(2,3)4)12-16(13)23(20,21)19-9-7-18(5)8-10-19/h11-12H,7-10H2,1-6H3. The van der Waals surface area contributed by atoms with Crippen LogP contribution in [0, 0.1) is 6.92 Å². The molecule has 0 aliphatic carbocycles. The van der Waals surface area contributed by atoms with Gasteiger partial charge in [0.15, 0.2) is 0 Å². The fourth-order valence-electron chi connectivity index (χ4n) is 2.86. The lowest BCUT2D eigenvalue weighted by Gasteiger charge is -2.32. The van der Waals surface area contributed by atoms with Crippen LogP contribution in [0.5, 0.6) is 5.75 Å². The van der Waals surface area contributed by atoms with Crippen LogP contribution < -0.4 is 4.74 Å². The van der Waals surface area contributed by atoms with Crippen molar-refractivity contribution >= 4 is 10.0 Å². The molecule has 2 rings (SSSR count). The van der Waals surface area contributed by atoms with E-state index in [9.17, 15) is 8.42 Å². The molecule has 1 aromatic carbocycles. The highest BCUT2D eigenvalue weighted by Crippen LogP contribution is 2.36. The molecule has 0 aromatic heterocycles. The Morgan fingerprint density at radius 2 is 1.65 bits per heavy atom. The van der Waals surface area contributed by atoms with Crippen LogP contribution in [0.3, 0.4) is 0 Å². The third kappa shape index (κ3) is 3.70. The van der Waals surface area contributed by atoms with Crippen LogP contribution in [0.1, 0.15) is 31.9 Å².